The van der Waals surface area contributed by atoms with Gasteiger partial charge in [0, 0.05) is 12.8 Å². The number of carbonyl (C=O) groups excluding carboxylic acids is 2. The van der Waals surface area contributed by atoms with Crippen LogP contribution >= 0.6 is 15.6 Å². The summed E-state index contributed by atoms with van der Waals surface area (Å²) in [6, 6.07) is 0. The SMILES string of the molecule is CCCCC/C=C\C/C=C\C/C=C\C/C=C\CCCCCC(=O)O[C@H](COC(=O)CCC/C=C\C/C=C\CC1OC1C/C=C\CCCCC)COP(=O)(O)O[C@H]1C(O)C(O)C(O)[C@@H](OP(=O)(O)O)C1O. The van der Waals surface area contributed by atoms with Gasteiger partial charge in [0.1, 0.15) is 43.2 Å². The third-order valence-electron chi connectivity index (χ3n) is 11.3. The van der Waals surface area contributed by atoms with Gasteiger partial charge in [0.25, 0.3) is 0 Å². The first kappa shape index (κ1) is 63.3. The summed E-state index contributed by atoms with van der Waals surface area (Å²) in [6.45, 7) is 2.97. The van der Waals surface area contributed by atoms with E-state index in [9.17, 15) is 53.8 Å². The Labute approximate surface area is 416 Å². The minimum atomic E-state index is -5.38. The van der Waals surface area contributed by atoms with E-state index in [1.807, 2.05) is 12.2 Å². The molecule has 1 saturated carbocycles. The zero-order valence-electron chi connectivity index (χ0n) is 41.4. The summed E-state index contributed by atoms with van der Waals surface area (Å²) in [7, 11) is -10.7. The fourth-order valence-corrected chi connectivity index (χ4v) is 8.82. The van der Waals surface area contributed by atoms with Crippen molar-refractivity contribution >= 4 is 27.6 Å². The van der Waals surface area contributed by atoms with Crippen molar-refractivity contribution in [1.82, 2.24) is 0 Å². The number of esters is 2. The van der Waals surface area contributed by atoms with E-state index in [-0.39, 0.29) is 18.9 Å². The molecule has 0 radical (unpaired) electrons. The molecule has 0 aromatic heterocycles. The number of phosphoric acid groups is 2. The Morgan fingerprint density at radius 2 is 0.957 bits per heavy atom. The van der Waals surface area contributed by atoms with Gasteiger partial charge in [0.15, 0.2) is 6.10 Å². The van der Waals surface area contributed by atoms with E-state index < -0.39 is 83.5 Å². The highest BCUT2D eigenvalue weighted by Crippen LogP contribution is 2.49. The van der Waals surface area contributed by atoms with Crippen molar-refractivity contribution < 1.29 is 81.6 Å². The molecule has 7 N–H and O–H groups in total. The summed E-state index contributed by atoms with van der Waals surface area (Å²) in [6.07, 6.45) is 34.2. The number of rotatable bonds is 40. The quantitative estimate of drug-likeness (QED) is 0.00991. The molecule has 0 amide bonds. The highest BCUT2D eigenvalue weighted by Gasteiger charge is 2.54. The first-order valence-corrected chi connectivity index (χ1v) is 28.3. The normalized spacial score (nSPS) is 24.6. The van der Waals surface area contributed by atoms with Gasteiger partial charge in [-0.25, -0.2) is 9.13 Å². The average molecular weight is 1030 g/mol. The summed E-state index contributed by atoms with van der Waals surface area (Å²) in [5.41, 5.74) is 0. The number of phosphoric ester groups is 2. The van der Waals surface area contributed by atoms with E-state index >= 15 is 0 Å². The van der Waals surface area contributed by atoms with Crippen LogP contribution in [0.3, 0.4) is 0 Å². The van der Waals surface area contributed by atoms with Crippen LogP contribution in [0.1, 0.15) is 155 Å². The van der Waals surface area contributed by atoms with Gasteiger partial charge in [0.2, 0.25) is 0 Å². The lowest BCUT2D eigenvalue weighted by Crippen LogP contribution is -2.64. The van der Waals surface area contributed by atoms with Crippen molar-refractivity contribution in [2.45, 2.75) is 210 Å². The Kier molecular flexibility index (Phi) is 34.2. The maximum Gasteiger partial charge on any atom is 0.472 e. The molecule has 0 bridgehead atoms. The average Bonchev–Trinajstić information content (AvgIpc) is 4.08. The zero-order chi connectivity index (χ0) is 51.5. The van der Waals surface area contributed by atoms with Crippen molar-refractivity contribution in [3.63, 3.8) is 0 Å². The minimum Gasteiger partial charge on any atom is -0.462 e. The Hall–Kier alpha value is -2.86. The first-order valence-electron chi connectivity index (χ1n) is 25.3. The molecule has 1 saturated heterocycles. The summed E-state index contributed by atoms with van der Waals surface area (Å²) < 4.78 is 55.1. The van der Waals surface area contributed by atoms with Crippen molar-refractivity contribution in [2.24, 2.45) is 0 Å². The van der Waals surface area contributed by atoms with Gasteiger partial charge in [-0.15, -0.1) is 0 Å². The third-order valence-corrected chi connectivity index (χ3v) is 12.8. The van der Waals surface area contributed by atoms with Crippen LogP contribution in [-0.2, 0) is 46.5 Å². The molecule has 1 heterocycles. The van der Waals surface area contributed by atoms with Gasteiger partial charge in [-0.3, -0.25) is 23.2 Å². The molecular weight excluding hydrogens is 946 g/mol. The Bertz CT molecular complexity index is 1740. The fraction of sp³-hybridized carbons (Fsp3) is 0.686. The maximum atomic E-state index is 13.0. The number of epoxide rings is 1. The van der Waals surface area contributed by atoms with Gasteiger partial charge in [-0.1, -0.05) is 131 Å². The number of carbonyl (C=O) groups is 2. The molecule has 2 aliphatic rings. The monoisotopic (exact) mass is 1030 g/mol. The third kappa shape index (κ3) is 30.9. The summed E-state index contributed by atoms with van der Waals surface area (Å²) in [4.78, 5) is 54.4. The molecule has 17 nitrogen and oxygen atoms in total. The minimum absolute atomic E-state index is 0.0127. The van der Waals surface area contributed by atoms with Crippen molar-refractivity contribution in [3.8, 4) is 0 Å². The van der Waals surface area contributed by atoms with E-state index in [1.54, 1.807) is 0 Å². The van der Waals surface area contributed by atoms with Crippen LogP contribution in [-0.4, -0.2) is 115 Å². The Morgan fingerprint density at radius 3 is 1.49 bits per heavy atom. The lowest BCUT2D eigenvalue weighted by Gasteiger charge is -2.43. The van der Waals surface area contributed by atoms with Crippen LogP contribution in [0.5, 0.6) is 0 Å². The molecule has 70 heavy (non-hydrogen) atoms. The summed E-state index contributed by atoms with van der Waals surface area (Å²) in [5.74, 6) is -1.32. The standard InChI is InChI=1S/C51H84O17P2/c1-3-5-7-9-11-12-13-14-15-16-17-18-19-20-21-22-25-30-34-38-45(53)65-41(40-64-70(61,62)68-51-48(56)46(54)47(55)50(49(51)57)67-69(58,59)60)39-63-44(52)37-33-29-26-23-24-28-32-36-43-42(66-43)35-31-27-10-8-6-4-2/h11-12,14-15,17-18,20-21,23,26-28,31-32,41-43,46-51,54-57H,3-10,13,16,19,22,24-25,29-30,33-40H2,1-2H3,(H,61,62)(H2,58,59,60)/b12-11-,15-14-,18-17-,21-20-,26-23-,31-27-,32-28-/t41-,42?,43?,46?,47?,48?,49?,50-,51+/m1/s1. The second-order valence-corrected chi connectivity index (χ2v) is 20.2. The highest BCUT2D eigenvalue weighted by atomic mass is 31.2. The maximum absolute atomic E-state index is 13.0. The van der Waals surface area contributed by atoms with Crippen molar-refractivity contribution in [1.29, 1.82) is 0 Å². The number of allylic oxidation sites excluding steroid dienone is 12. The molecule has 2 rings (SSSR count). The highest BCUT2D eigenvalue weighted by molar-refractivity contribution is 7.47. The number of aliphatic hydroxyl groups excluding tert-OH is 4. The number of unbranched alkanes of at least 4 members (excludes halogenated alkanes) is 10. The predicted molar refractivity (Wildman–Crippen MR) is 268 cm³/mol. The number of hydrogen-bond donors (Lipinski definition) is 7. The second-order valence-electron chi connectivity index (χ2n) is 17.6. The molecule has 400 valence electrons. The first-order chi connectivity index (χ1) is 33.6. The van der Waals surface area contributed by atoms with Crippen LogP contribution in [0, 0.1) is 0 Å². The fourth-order valence-electron chi connectivity index (χ4n) is 7.28. The van der Waals surface area contributed by atoms with Crippen LogP contribution in [0.15, 0.2) is 85.1 Å². The van der Waals surface area contributed by atoms with E-state index in [2.05, 4.69) is 91.3 Å². The van der Waals surface area contributed by atoms with Crippen LogP contribution in [0.4, 0.5) is 0 Å². The zero-order valence-corrected chi connectivity index (χ0v) is 43.1. The van der Waals surface area contributed by atoms with E-state index in [4.69, 9.17) is 23.3 Å². The molecule has 0 spiro atoms. The molecule has 1 aliphatic carbocycles. The molecule has 2 fully saturated rings. The molecule has 0 aromatic rings. The van der Waals surface area contributed by atoms with Crippen LogP contribution in [0.25, 0.3) is 0 Å². The van der Waals surface area contributed by atoms with E-state index in [0.29, 0.717) is 31.8 Å². The van der Waals surface area contributed by atoms with E-state index in [1.165, 1.54) is 38.5 Å². The molecular formula is C51H84O17P2. The van der Waals surface area contributed by atoms with Gasteiger partial charge >= 0.3 is 27.6 Å². The van der Waals surface area contributed by atoms with Crippen molar-refractivity contribution in [2.75, 3.05) is 13.2 Å². The van der Waals surface area contributed by atoms with Gasteiger partial charge in [-0.05, 0) is 96.3 Å². The van der Waals surface area contributed by atoms with E-state index in [0.717, 1.165) is 64.2 Å². The molecule has 1 aliphatic heterocycles. The van der Waals surface area contributed by atoms with Gasteiger partial charge in [-0.2, -0.15) is 0 Å². The van der Waals surface area contributed by atoms with Crippen LogP contribution < -0.4 is 0 Å². The summed E-state index contributed by atoms with van der Waals surface area (Å²) in [5, 5.41) is 41.3. The Morgan fingerprint density at radius 1 is 0.514 bits per heavy atom. The molecule has 7 unspecified atom stereocenters. The summed E-state index contributed by atoms with van der Waals surface area (Å²) >= 11 is 0. The molecule has 10 atom stereocenters. The van der Waals surface area contributed by atoms with Gasteiger partial charge < -0.3 is 49.3 Å². The predicted octanol–water partition coefficient (Wildman–Crippen LogP) is 9.16. The molecule has 19 heteroatoms. The van der Waals surface area contributed by atoms with Crippen LogP contribution in [0.2, 0.25) is 0 Å². The number of aliphatic hydroxyl groups is 4. The smallest absolute Gasteiger partial charge is 0.462 e. The van der Waals surface area contributed by atoms with Crippen molar-refractivity contribution in [3.05, 3.63) is 85.1 Å². The number of ether oxygens (including phenoxy) is 3. The number of hydrogen-bond acceptors (Lipinski definition) is 14. The van der Waals surface area contributed by atoms with Gasteiger partial charge in [0.05, 0.1) is 18.8 Å². The lowest BCUT2D eigenvalue weighted by molar-refractivity contribution is -0.216. The second kappa shape index (κ2) is 37.8. The Balaban J connectivity index is 1.81. The largest absolute Gasteiger partial charge is 0.472 e. The topological polar surface area (TPSA) is 269 Å². The molecule has 0 aromatic carbocycles. The lowest BCUT2D eigenvalue weighted by atomic mass is 9.85.